The van der Waals surface area contributed by atoms with Gasteiger partial charge in [-0.2, -0.15) is 0 Å². The second-order valence-electron chi connectivity index (χ2n) is 5.59. The predicted octanol–water partition coefficient (Wildman–Crippen LogP) is 3.19. The number of carbonyl (C=O) groups is 1. The first-order chi connectivity index (χ1) is 9.28. The van der Waals surface area contributed by atoms with Crippen molar-refractivity contribution in [1.82, 2.24) is 5.16 Å². The highest BCUT2D eigenvalue weighted by atomic mass is 16.6. The molecule has 2 rings (SSSR count). The fourth-order valence-electron chi connectivity index (χ4n) is 1.78. The number of rotatable bonds is 2. The van der Waals surface area contributed by atoms with E-state index < -0.39 is 11.6 Å². The van der Waals surface area contributed by atoms with Gasteiger partial charge < -0.3 is 15.0 Å². The molecule has 1 aromatic heterocycles. The van der Waals surface area contributed by atoms with Crippen LogP contribution >= 0.6 is 0 Å². The van der Waals surface area contributed by atoms with Gasteiger partial charge in [0.15, 0.2) is 0 Å². The molecular weight excluding hydrogens is 256 g/mol. The summed E-state index contributed by atoms with van der Waals surface area (Å²) < 4.78 is 10.5. The van der Waals surface area contributed by atoms with Gasteiger partial charge in [-0.1, -0.05) is 17.3 Å². The normalized spacial score (nSPS) is 11.4. The summed E-state index contributed by atoms with van der Waals surface area (Å²) in [5.74, 6) is -0.00542. The van der Waals surface area contributed by atoms with Crippen molar-refractivity contribution < 1.29 is 14.1 Å². The Morgan fingerprint density at radius 3 is 2.40 bits per heavy atom. The third-order valence-electron chi connectivity index (χ3n) is 2.65. The number of hydrogen-bond donors (Lipinski definition) is 1. The molecular formula is C15H18N2O3. The Bertz CT molecular complexity index is 622. The van der Waals surface area contributed by atoms with Gasteiger partial charge in [-0.15, -0.1) is 0 Å². The molecule has 0 saturated heterocycles. The highest BCUT2D eigenvalue weighted by Crippen LogP contribution is 2.27. The summed E-state index contributed by atoms with van der Waals surface area (Å²) in [6.07, 6.45) is 0. The molecule has 0 unspecified atom stereocenters. The Balaban J connectivity index is 2.42. The lowest BCUT2D eigenvalue weighted by molar-refractivity contribution is 0.00686. The van der Waals surface area contributed by atoms with Crippen molar-refractivity contribution in [3.05, 3.63) is 35.6 Å². The number of nitrogen functional groups attached to an aromatic ring is 1. The van der Waals surface area contributed by atoms with E-state index in [1.165, 1.54) is 0 Å². The van der Waals surface area contributed by atoms with Crippen LogP contribution in [0.3, 0.4) is 0 Å². The van der Waals surface area contributed by atoms with E-state index in [-0.39, 0.29) is 0 Å². The summed E-state index contributed by atoms with van der Waals surface area (Å²) in [6, 6.07) is 7.08. The molecule has 0 aliphatic heterocycles. The van der Waals surface area contributed by atoms with Crippen LogP contribution in [0, 0.1) is 6.92 Å². The van der Waals surface area contributed by atoms with E-state index >= 15 is 0 Å². The second kappa shape index (κ2) is 5.00. The van der Waals surface area contributed by atoms with Gasteiger partial charge in [0.2, 0.25) is 0 Å². The number of aromatic nitrogens is 1. The third-order valence-corrected chi connectivity index (χ3v) is 2.65. The number of aryl methyl sites for hydroxylation is 1. The minimum atomic E-state index is -0.570. The summed E-state index contributed by atoms with van der Waals surface area (Å²) in [7, 11) is 0. The molecule has 0 amide bonds. The lowest BCUT2D eigenvalue weighted by Crippen LogP contribution is -2.24. The quantitative estimate of drug-likeness (QED) is 0.672. The first-order valence-electron chi connectivity index (χ1n) is 6.33. The number of esters is 1. The van der Waals surface area contributed by atoms with E-state index in [0.29, 0.717) is 22.7 Å². The molecule has 0 aliphatic carbocycles. The van der Waals surface area contributed by atoms with Gasteiger partial charge in [0, 0.05) is 11.3 Å². The van der Waals surface area contributed by atoms with E-state index in [1.54, 1.807) is 31.2 Å². The van der Waals surface area contributed by atoms with E-state index in [1.807, 2.05) is 20.8 Å². The van der Waals surface area contributed by atoms with Crippen LogP contribution in [0.4, 0.5) is 5.69 Å². The molecule has 20 heavy (non-hydrogen) atoms. The third kappa shape index (κ3) is 2.99. The predicted molar refractivity (Wildman–Crippen MR) is 76.3 cm³/mol. The Morgan fingerprint density at radius 2 is 1.85 bits per heavy atom. The first-order valence-corrected chi connectivity index (χ1v) is 6.33. The lowest BCUT2D eigenvalue weighted by atomic mass is 10.1. The smallest absolute Gasteiger partial charge is 0.344 e. The highest BCUT2D eigenvalue weighted by Gasteiger charge is 2.26. The van der Waals surface area contributed by atoms with Gasteiger partial charge in [0.1, 0.15) is 22.6 Å². The monoisotopic (exact) mass is 274 g/mol. The van der Waals surface area contributed by atoms with Crippen molar-refractivity contribution in [2.24, 2.45) is 0 Å². The van der Waals surface area contributed by atoms with E-state index in [9.17, 15) is 4.79 Å². The Hall–Kier alpha value is -2.30. The summed E-state index contributed by atoms with van der Waals surface area (Å²) in [5.41, 5.74) is 7.31. The Kier molecular flexibility index (Phi) is 3.53. The Morgan fingerprint density at radius 1 is 1.25 bits per heavy atom. The van der Waals surface area contributed by atoms with Crippen LogP contribution in [0.5, 0.6) is 0 Å². The first kappa shape index (κ1) is 14.1. The molecule has 1 heterocycles. The van der Waals surface area contributed by atoms with Crippen molar-refractivity contribution in [2.45, 2.75) is 33.3 Å². The molecule has 2 aromatic rings. The van der Waals surface area contributed by atoms with Crippen LogP contribution in [-0.4, -0.2) is 16.7 Å². The van der Waals surface area contributed by atoms with E-state index in [0.717, 1.165) is 5.56 Å². The average Bonchev–Trinajstić information content (AvgIpc) is 2.70. The van der Waals surface area contributed by atoms with Gasteiger partial charge in [-0.3, -0.25) is 0 Å². The number of nitrogens with two attached hydrogens (primary N) is 1. The summed E-state index contributed by atoms with van der Waals surface area (Å²) >= 11 is 0. The SMILES string of the molecule is Cc1onc(-c2ccc(N)cc2)c1C(=O)OC(C)(C)C. The number of nitrogens with zero attached hydrogens (tertiary/aromatic N) is 1. The van der Waals surface area contributed by atoms with Crippen LogP contribution < -0.4 is 5.73 Å². The minimum Gasteiger partial charge on any atom is -0.456 e. The van der Waals surface area contributed by atoms with E-state index in [2.05, 4.69) is 5.16 Å². The molecule has 0 aliphatic rings. The second-order valence-corrected chi connectivity index (χ2v) is 5.59. The molecule has 0 spiro atoms. The molecule has 0 fully saturated rings. The van der Waals surface area contributed by atoms with Gasteiger partial charge in [0.25, 0.3) is 0 Å². The van der Waals surface area contributed by atoms with Crippen molar-refractivity contribution >= 4 is 11.7 Å². The molecule has 0 saturated carbocycles. The van der Waals surface area contributed by atoms with Crippen molar-refractivity contribution in [1.29, 1.82) is 0 Å². The van der Waals surface area contributed by atoms with Crippen LogP contribution in [0.25, 0.3) is 11.3 Å². The topological polar surface area (TPSA) is 78.4 Å². The van der Waals surface area contributed by atoms with Gasteiger partial charge >= 0.3 is 5.97 Å². The fourth-order valence-corrected chi connectivity index (χ4v) is 1.78. The highest BCUT2D eigenvalue weighted by molar-refractivity contribution is 5.97. The molecule has 106 valence electrons. The molecule has 5 heteroatoms. The van der Waals surface area contributed by atoms with E-state index in [4.69, 9.17) is 15.0 Å². The van der Waals surface area contributed by atoms with Crippen LogP contribution in [0.1, 0.15) is 36.9 Å². The van der Waals surface area contributed by atoms with Crippen molar-refractivity contribution in [3.63, 3.8) is 0 Å². The van der Waals surface area contributed by atoms with Gasteiger partial charge in [-0.05, 0) is 39.8 Å². The zero-order valence-corrected chi connectivity index (χ0v) is 12.1. The number of hydrogen-bond acceptors (Lipinski definition) is 5. The maximum Gasteiger partial charge on any atom is 0.344 e. The largest absolute Gasteiger partial charge is 0.456 e. The van der Waals surface area contributed by atoms with Gasteiger partial charge in [0.05, 0.1) is 0 Å². The standard InChI is InChI=1S/C15H18N2O3/c1-9-12(14(18)19-15(2,3)4)13(17-20-9)10-5-7-11(16)8-6-10/h5-8H,16H2,1-4H3. The van der Waals surface area contributed by atoms with Crippen LogP contribution in [0.2, 0.25) is 0 Å². The maximum absolute atomic E-state index is 12.3. The zero-order valence-electron chi connectivity index (χ0n) is 12.1. The maximum atomic E-state index is 12.3. The Labute approximate surface area is 117 Å². The van der Waals surface area contributed by atoms with Crippen LogP contribution in [0.15, 0.2) is 28.8 Å². The number of benzene rings is 1. The number of anilines is 1. The number of ether oxygens (including phenoxy) is 1. The molecule has 0 radical (unpaired) electrons. The zero-order chi connectivity index (χ0) is 14.9. The summed E-state index contributed by atoms with van der Waals surface area (Å²) in [4.78, 5) is 12.3. The summed E-state index contributed by atoms with van der Waals surface area (Å²) in [6.45, 7) is 7.14. The molecule has 5 nitrogen and oxygen atoms in total. The fraction of sp³-hybridized carbons (Fsp3) is 0.333. The molecule has 2 N–H and O–H groups in total. The number of carbonyl (C=O) groups excluding carboxylic acids is 1. The van der Waals surface area contributed by atoms with Crippen LogP contribution in [-0.2, 0) is 4.74 Å². The van der Waals surface area contributed by atoms with Crippen molar-refractivity contribution in [3.8, 4) is 11.3 Å². The average molecular weight is 274 g/mol. The molecule has 1 aromatic carbocycles. The van der Waals surface area contributed by atoms with Gasteiger partial charge in [-0.25, -0.2) is 4.79 Å². The minimum absolute atomic E-state index is 0.352. The summed E-state index contributed by atoms with van der Waals surface area (Å²) in [5, 5.41) is 3.95. The molecule has 0 atom stereocenters. The van der Waals surface area contributed by atoms with Crippen molar-refractivity contribution in [2.75, 3.05) is 5.73 Å². The lowest BCUT2D eigenvalue weighted by Gasteiger charge is -2.19. The molecule has 0 bridgehead atoms.